The summed E-state index contributed by atoms with van der Waals surface area (Å²) in [6.07, 6.45) is 7.80. The van der Waals surface area contributed by atoms with Gasteiger partial charge in [0, 0.05) is 50.3 Å². The number of nitrogens with one attached hydrogen (secondary N) is 1. The normalized spacial score (nSPS) is 15.4. The number of aryl methyl sites for hydroxylation is 1. The van der Waals surface area contributed by atoms with Crippen LogP contribution in [0.1, 0.15) is 12.8 Å². The van der Waals surface area contributed by atoms with Gasteiger partial charge in [0.1, 0.15) is 23.4 Å². The van der Waals surface area contributed by atoms with Gasteiger partial charge in [-0.1, -0.05) is 12.1 Å². The van der Waals surface area contributed by atoms with E-state index in [4.69, 9.17) is 9.40 Å². The van der Waals surface area contributed by atoms with E-state index in [0.29, 0.717) is 54.8 Å². The van der Waals surface area contributed by atoms with E-state index in [-0.39, 0.29) is 16.8 Å². The summed E-state index contributed by atoms with van der Waals surface area (Å²) in [5.41, 5.74) is 2.67. The van der Waals surface area contributed by atoms with E-state index in [1.807, 2.05) is 6.07 Å². The molecule has 12 nitrogen and oxygen atoms in total. The highest BCUT2D eigenvalue weighted by Crippen LogP contribution is 2.33. The minimum Gasteiger partial charge on any atom is -0.508 e. The van der Waals surface area contributed by atoms with Crippen molar-refractivity contribution in [2.24, 2.45) is 7.05 Å². The van der Waals surface area contributed by atoms with E-state index in [9.17, 15) is 13.5 Å². The average molecular weight is 521 g/mol. The molecule has 0 unspecified atom stereocenters. The summed E-state index contributed by atoms with van der Waals surface area (Å²) >= 11 is 0. The second kappa shape index (κ2) is 9.01. The molecule has 5 heterocycles. The van der Waals surface area contributed by atoms with Crippen molar-refractivity contribution in [3.63, 3.8) is 0 Å². The van der Waals surface area contributed by atoms with E-state index >= 15 is 0 Å². The smallest absolute Gasteiger partial charge is 0.306 e. The zero-order valence-corrected chi connectivity index (χ0v) is 20.7. The molecule has 5 aromatic rings. The third-order valence-corrected chi connectivity index (χ3v) is 8.15. The number of anilines is 1. The van der Waals surface area contributed by atoms with Crippen LogP contribution in [0.25, 0.3) is 28.5 Å². The molecule has 4 aromatic heterocycles. The third-order valence-electron chi connectivity index (χ3n) is 6.36. The van der Waals surface area contributed by atoms with Gasteiger partial charge in [-0.25, -0.2) is 18.4 Å². The van der Waals surface area contributed by atoms with Gasteiger partial charge in [-0.05, 0) is 37.1 Å². The van der Waals surface area contributed by atoms with Gasteiger partial charge in [0.05, 0.1) is 5.69 Å². The summed E-state index contributed by atoms with van der Waals surface area (Å²) in [5, 5.41) is 17.5. The quantitative estimate of drug-likeness (QED) is 0.345. The van der Waals surface area contributed by atoms with E-state index in [1.165, 1.54) is 15.1 Å². The lowest BCUT2D eigenvalue weighted by atomic mass is 10.1. The number of nitrogens with zero attached hydrogens (tertiary/aromatic N) is 7. The molecule has 1 fully saturated rings. The largest absolute Gasteiger partial charge is 0.508 e. The average Bonchev–Trinajstić information content (AvgIpc) is 3.61. The lowest BCUT2D eigenvalue weighted by Crippen LogP contribution is -2.42. The summed E-state index contributed by atoms with van der Waals surface area (Å²) in [7, 11) is -1.93. The van der Waals surface area contributed by atoms with Crippen LogP contribution >= 0.6 is 0 Å². The first-order valence-corrected chi connectivity index (χ1v) is 13.2. The molecule has 1 aliphatic heterocycles. The Morgan fingerprint density at radius 2 is 1.95 bits per heavy atom. The lowest BCUT2D eigenvalue weighted by Gasteiger charge is -2.31. The van der Waals surface area contributed by atoms with E-state index in [2.05, 4.69) is 20.4 Å². The Balaban J connectivity index is 1.23. The molecule has 37 heavy (non-hydrogen) atoms. The second-order valence-electron chi connectivity index (χ2n) is 8.83. The monoisotopic (exact) mass is 520 g/mol. The highest BCUT2D eigenvalue weighted by atomic mass is 32.2. The zero-order valence-electron chi connectivity index (χ0n) is 19.9. The van der Waals surface area contributed by atoms with E-state index in [0.717, 1.165) is 5.56 Å². The fraction of sp³-hybridized carbons (Fsp3) is 0.250. The predicted molar refractivity (Wildman–Crippen MR) is 134 cm³/mol. The first-order chi connectivity index (χ1) is 17.9. The lowest BCUT2D eigenvalue weighted by molar-refractivity contribution is 0.328. The molecule has 190 valence electrons. The van der Waals surface area contributed by atoms with Crippen molar-refractivity contribution < 1.29 is 17.9 Å². The van der Waals surface area contributed by atoms with Gasteiger partial charge in [0.15, 0.2) is 5.03 Å². The summed E-state index contributed by atoms with van der Waals surface area (Å²) in [6, 6.07) is 10.2. The number of phenolic OH excluding ortho intramolecular Hbond substituents is 1. The van der Waals surface area contributed by atoms with Crippen molar-refractivity contribution in [3.8, 4) is 28.4 Å². The maximum Gasteiger partial charge on any atom is 0.306 e. The van der Waals surface area contributed by atoms with Crippen molar-refractivity contribution in [1.29, 1.82) is 0 Å². The zero-order chi connectivity index (χ0) is 25.6. The molecule has 0 aliphatic carbocycles. The molecule has 1 aliphatic rings. The summed E-state index contributed by atoms with van der Waals surface area (Å²) < 4.78 is 36.0. The number of piperidine rings is 1. The van der Waals surface area contributed by atoms with Crippen LogP contribution in [0, 0.1) is 0 Å². The summed E-state index contributed by atoms with van der Waals surface area (Å²) in [4.78, 5) is 13.7. The Kier molecular flexibility index (Phi) is 5.65. The Bertz CT molecular complexity index is 1680. The van der Waals surface area contributed by atoms with Crippen LogP contribution in [0.15, 0.2) is 70.7 Å². The SMILES string of the molecule is Cn1ccc(S(=O)(=O)N2CCC(Nc3nccc(-c4c(-c5cccc(O)c5)nc5occn45)n3)CC2)n1. The molecule has 0 spiro atoms. The number of phenols is 1. The topological polar surface area (TPSA) is 144 Å². The number of hydrogen-bond donors (Lipinski definition) is 2. The van der Waals surface area contributed by atoms with Crippen molar-refractivity contribution in [2.45, 2.75) is 23.9 Å². The number of hydrogen-bond acceptors (Lipinski definition) is 9. The first kappa shape index (κ1) is 23.2. The fourth-order valence-electron chi connectivity index (χ4n) is 4.53. The van der Waals surface area contributed by atoms with Gasteiger partial charge in [-0.15, -0.1) is 0 Å². The van der Waals surface area contributed by atoms with E-state index in [1.54, 1.807) is 60.6 Å². The maximum absolute atomic E-state index is 12.9. The van der Waals surface area contributed by atoms with Crippen molar-refractivity contribution >= 4 is 21.8 Å². The van der Waals surface area contributed by atoms with Crippen LogP contribution in [-0.4, -0.2) is 66.1 Å². The minimum absolute atomic E-state index is 0.00959. The van der Waals surface area contributed by atoms with Crippen LogP contribution in [0.4, 0.5) is 5.95 Å². The number of fused-ring (bicyclic) bond motifs is 1. The fourth-order valence-corrected chi connectivity index (χ4v) is 5.95. The Morgan fingerprint density at radius 1 is 1.11 bits per heavy atom. The molecule has 1 saturated heterocycles. The number of oxazole rings is 1. The first-order valence-electron chi connectivity index (χ1n) is 11.7. The van der Waals surface area contributed by atoms with E-state index < -0.39 is 10.0 Å². The number of rotatable bonds is 6. The van der Waals surface area contributed by atoms with Gasteiger partial charge < -0.3 is 14.8 Å². The summed E-state index contributed by atoms with van der Waals surface area (Å²) in [6.45, 7) is 0.742. The number of benzene rings is 1. The molecule has 0 amide bonds. The van der Waals surface area contributed by atoms with Crippen molar-refractivity contribution in [2.75, 3.05) is 18.4 Å². The van der Waals surface area contributed by atoms with Crippen LogP contribution in [0.3, 0.4) is 0 Å². The molecule has 2 N–H and O–H groups in total. The van der Waals surface area contributed by atoms with Crippen LogP contribution in [0.2, 0.25) is 0 Å². The molecule has 0 radical (unpaired) electrons. The van der Waals surface area contributed by atoms with Gasteiger partial charge in [-0.3, -0.25) is 9.08 Å². The molecule has 0 bridgehead atoms. The standard InChI is InChI=1S/C24H24N8O4S/c1-30-10-8-20(29-30)37(34,35)31-11-6-17(7-12-31)26-23-25-9-5-19(27-23)22-21(16-3-2-4-18(33)15-16)28-24-32(22)13-14-36-24/h2-5,8-10,13-15,17,33H,6-7,11-12H2,1H3,(H,25,26,27). The molecule has 0 atom stereocenters. The van der Waals surface area contributed by atoms with Gasteiger partial charge in [0.2, 0.25) is 5.95 Å². The maximum atomic E-state index is 12.9. The molecule has 6 rings (SSSR count). The molecule has 0 saturated carbocycles. The predicted octanol–water partition coefficient (Wildman–Crippen LogP) is 2.76. The molecular formula is C24H24N8O4S. The minimum atomic E-state index is -3.62. The van der Waals surface area contributed by atoms with Crippen molar-refractivity contribution in [1.82, 2.24) is 33.4 Å². The highest BCUT2D eigenvalue weighted by molar-refractivity contribution is 7.89. The number of aromatic nitrogens is 6. The van der Waals surface area contributed by atoms with Gasteiger partial charge in [0.25, 0.3) is 10.0 Å². The third kappa shape index (κ3) is 4.32. The number of sulfonamides is 1. The number of aromatic hydroxyl groups is 1. The van der Waals surface area contributed by atoms with Crippen LogP contribution < -0.4 is 5.32 Å². The highest BCUT2D eigenvalue weighted by Gasteiger charge is 2.31. The number of imidazole rings is 1. The summed E-state index contributed by atoms with van der Waals surface area (Å²) in [5.74, 6) is 0.973. The van der Waals surface area contributed by atoms with Crippen LogP contribution in [-0.2, 0) is 17.1 Å². The van der Waals surface area contributed by atoms with Crippen molar-refractivity contribution in [3.05, 3.63) is 61.3 Å². The molecule has 13 heteroatoms. The van der Waals surface area contributed by atoms with Gasteiger partial charge in [-0.2, -0.15) is 14.4 Å². The molecule has 1 aromatic carbocycles. The Labute approximate surface area is 212 Å². The molecular weight excluding hydrogens is 496 g/mol. The second-order valence-corrected chi connectivity index (χ2v) is 10.7. The Morgan fingerprint density at radius 3 is 2.70 bits per heavy atom. The van der Waals surface area contributed by atoms with Gasteiger partial charge >= 0.3 is 5.84 Å². The van der Waals surface area contributed by atoms with Crippen LogP contribution in [0.5, 0.6) is 5.75 Å². The Hall–Kier alpha value is -4.23.